The van der Waals surface area contributed by atoms with E-state index in [2.05, 4.69) is 32.9 Å². The lowest BCUT2D eigenvalue weighted by Gasteiger charge is -2.15. The van der Waals surface area contributed by atoms with Crippen molar-refractivity contribution in [2.75, 3.05) is 18.9 Å². The summed E-state index contributed by atoms with van der Waals surface area (Å²) in [7, 11) is 1.78. The number of anilines is 1. The standard InChI is InChI=1S/C20H27N5OS/c1-3-4-10-22-18(12-23-16-8-6-5-7-9-16)13-24-20(26)19(21-2)11-17-14-27-15-25-17/h5-10,12,14-15,19,21,23H,3-4,11,13H2,1-2H3,(H,24,26)/b18-12-,22-10?. The fourth-order valence-corrected chi connectivity index (χ4v) is 2.89. The molecule has 1 heterocycles. The summed E-state index contributed by atoms with van der Waals surface area (Å²) in [5.41, 5.74) is 4.43. The predicted molar refractivity (Wildman–Crippen MR) is 113 cm³/mol. The second-order valence-electron chi connectivity index (χ2n) is 5.99. The molecule has 1 aromatic carbocycles. The Kier molecular flexibility index (Phi) is 9.23. The third kappa shape index (κ3) is 7.72. The molecule has 1 unspecified atom stereocenters. The summed E-state index contributed by atoms with van der Waals surface area (Å²) in [5.74, 6) is -0.0678. The second-order valence-corrected chi connectivity index (χ2v) is 6.71. The summed E-state index contributed by atoms with van der Waals surface area (Å²) in [6.07, 6.45) is 6.21. The van der Waals surface area contributed by atoms with Gasteiger partial charge in [0.25, 0.3) is 0 Å². The fourth-order valence-electron chi connectivity index (χ4n) is 2.32. The molecule has 6 nitrogen and oxygen atoms in total. The summed E-state index contributed by atoms with van der Waals surface area (Å²) in [5, 5.41) is 11.2. The van der Waals surface area contributed by atoms with E-state index in [0.29, 0.717) is 13.0 Å². The molecule has 0 bridgehead atoms. The van der Waals surface area contributed by atoms with Crippen LogP contribution in [0.25, 0.3) is 0 Å². The van der Waals surface area contributed by atoms with E-state index in [1.165, 1.54) is 11.3 Å². The van der Waals surface area contributed by atoms with Crippen LogP contribution in [-0.2, 0) is 11.2 Å². The molecular weight excluding hydrogens is 358 g/mol. The van der Waals surface area contributed by atoms with Crippen LogP contribution in [0, 0.1) is 0 Å². The van der Waals surface area contributed by atoms with Crippen LogP contribution in [0.15, 0.2) is 58.1 Å². The monoisotopic (exact) mass is 385 g/mol. The van der Waals surface area contributed by atoms with E-state index in [4.69, 9.17) is 0 Å². The Labute approximate surface area is 164 Å². The van der Waals surface area contributed by atoms with Crippen molar-refractivity contribution < 1.29 is 4.79 Å². The summed E-state index contributed by atoms with van der Waals surface area (Å²) >= 11 is 1.53. The maximum atomic E-state index is 12.5. The van der Waals surface area contributed by atoms with Crippen LogP contribution in [0.2, 0.25) is 0 Å². The largest absolute Gasteiger partial charge is 0.360 e. The first-order chi connectivity index (χ1) is 13.2. The van der Waals surface area contributed by atoms with Gasteiger partial charge in [-0.2, -0.15) is 0 Å². The maximum absolute atomic E-state index is 12.5. The molecule has 0 saturated heterocycles. The maximum Gasteiger partial charge on any atom is 0.237 e. The van der Waals surface area contributed by atoms with Gasteiger partial charge in [-0.15, -0.1) is 11.3 Å². The number of likely N-dealkylation sites (N-methyl/N-ethyl adjacent to an activating group) is 1. The quantitative estimate of drug-likeness (QED) is 0.519. The third-order valence-corrected chi connectivity index (χ3v) is 4.49. The Morgan fingerprint density at radius 1 is 1.33 bits per heavy atom. The Bertz CT molecular complexity index is 728. The van der Waals surface area contributed by atoms with Crippen LogP contribution >= 0.6 is 11.3 Å². The van der Waals surface area contributed by atoms with E-state index in [0.717, 1.165) is 29.9 Å². The predicted octanol–water partition coefficient (Wildman–Crippen LogP) is 3.21. The molecule has 27 heavy (non-hydrogen) atoms. The number of nitrogens with one attached hydrogen (secondary N) is 3. The number of carbonyl (C=O) groups is 1. The highest BCUT2D eigenvalue weighted by atomic mass is 32.1. The summed E-state index contributed by atoms with van der Waals surface area (Å²) in [6, 6.07) is 9.54. The Morgan fingerprint density at radius 3 is 2.81 bits per heavy atom. The van der Waals surface area contributed by atoms with Crippen LogP contribution < -0.4 is 16.0 Å². The van der Waals surface area contributed by atoms with Crippen LogP contribution in [-0.4, -0.2) is 36.7 Å². The third-order valence-electron chi connectivity index (χ3n) is 3.86. The molecule has 1 aromatic heterocycles. The van der Waals surface area contributed by atoms with Gasteiger partial charge in [-0.25, -0.2) is 4.98 Å². The van der Waals surface area contributed by atoms with Crippen LogP contribution in [0.3, 0.4) is 0 Å². The SMILES string of the molecule is CCCC=N/C(=C\Nc1ccccc1)CNC(=O)C(Cc1cscn1)NC. The average Bonchev–Trinajstić information content (AvgIpc) is 3.21. The first-order valence-electron chi connectivity index (χ1n) is 9.08. The molecule has 3 N–H and O–H groups in total. The zero-order chi connectivity index (χ0) is 19.3. The van der Waals surface area contributed by atoms with Crippen molar-refractivity contribution in [2.45, 2.75) is 32.2 Å². The number of benzene rings is 1. The number of aromatic nitrogens is 1. The molecule has 0 aliphatic heterocycles. The highest BCUT2D eigenvalue weighted by molar-refractivity contribution is 7.07. The van der Waals surface area contributed by atoms with Gasteiger partial charge in [0.2, 0.25) is 5.91 Å². The summed E-state index contributed by atoms with van der Waals surface area (Å²) < 4.78 is 0. The number of thiazole rings is 1. The molecule has 0 fully saturated rings. The van der Waals surface area contributed by atoms with Crippen molar-refractivity contribution in [3.05, 3.63) is 58.8 Å². The molecule has 1 amide bonds. The molecule has 7 heteroatoms. The number of nitrogens with zero attached hydrogens (tertiary/aromatic N) is 2. The Hall–Kier alpha value is -2.51. The van der Waals surface area contributed by atoms with Crippen molar-refractivity contribution in [1.82, 2.24) is 15.6 Å². The van der Waals surface area contributed by atoms with Crippen molar-refractivity contribution in [3.63, 3.8) is 0 Å². The lowest BCUT2D eigenvalue weighted by molar-refractivity contribution is -0.122. The van der Waals surface area contributed by atoms with Crippen LogP contribution in [0.4, 0.5) is 5.69 Å². The molecule has 0 aliphatic carbocycles. The van der Waals surface area contributed by atoms with Gasteiger partial charge in [0, 0.05) is 29.9 Å². The highest BCUT2D eigenvalue weighted by Gasteiger charge is 2.17. The average molecular weight is 386 g/mol. The number of amides is 1. The van der Waals surface area contributed by atoms with Gasteiger partial charge < -0.3 is 16.0 Å². The molecule has 0 radical (unpaired) electrons. The van der Waals surface area contributed by atoms with Gasteiger partial charge in [0.1, 0.15) is 0 Å². The van der Waals surface area contributed by atoms with Gasteiger partial charge in [-0.3, -0.25) is 9.79 Å². The fraction of sp³-hybridized carbons (Fsp3) is 0.350. The topological polar surface area (TPSA) is 78.4 Å². The second kappa shape index (κ2) is 12.0. The molecule has 2 aromatic rings. The Morgan fingerprint density at radius 2 is 2.15 bits per heavy atom. The van der Waals surface area contributed by atoms with Gasteiger partial charge in [-0.1, -0.05) is 31.5 Å². The number of aliphatic imine (C=N–C) groups is 1. The zero-order valence-electron chi connectivity index (χ0n) is 15.8. The number of hydrogen-bond donors (Lipinski definition) is 3. The smallest absolute Gasteiger partial charge is 0.237 e. The van der Waals surface area contributed by atoms with E-state index >= 15 is 0 Å². The van der Waals surface area contributed by atoms with E-state index < -0.39 is 0 Å². The van der Waals surface area contributed by atoms with Gasteiger partial charge >= 0.3 is 0 Å². The van der Waals surface area contributed by atoms with Crippen LogP contribution in [0.1, 0.15) is 25.5 Å². The summed E-state index contributed by atoms with van der Waals surface area (Å²) in [4.78, 5) is 21.2. The number of unbranched alkanes of at least 4 members (excludes halogenated alkanes) is 1. The van der Waals surface area contributed by atoms with Gasteiger partial charge in [0.05, 0.1) is 29.5 Å². The molecule has 0 spiro atoms. The number of hydrogen-bond acceptors (Lipinski definition) is 6. The first kappa shape index (κ1) is 20.8. The minimum absolute atomic E-state index is 0.0678. The molecule has 144 valence electrons. The number of carbonyl (C=O) groups excluding carboxylic acids is 1. The van der Waals surface area contributed by atoms with Crippen molar-refractivity contribution in [1.29, 1.82) is 0 Å². The zero-order valence-corrected chi connectivity index (χ0v) is 16.6. The Balaban J connectivity index is 1.95. The minimum Gasteiger partial charge on any atom is -0.360 e. The van der Waals surface area contributed by atoms with Gasteiger partial charge in [0.15, 0.2) is 0 Å². The summed E-state index contributed by atoms with van der Waals surface area (Å²) in [6.45, 7) is 2.46. The van der Waals surface area contributed by atoms with Gasteiger partial charge in [-0.05, 0) is 25.6 Å². The lowest BCUT2D eigenvalue weighted by Crippen LogP contribution is -2.44. The molecular formula is C20H27N5OS. The van der Waals surface area contributed by atoms with Crippen molar-refractivity contribution in [2.24, 2.45) is 4.99 Å². The van der Waals surface area contributed by atoms with Crippen molar-refractivity contribution in [3.8, 4) is 0 Å². The number of para-hydroxylation sites is 1. The molecule has 1 atom stereocenters. The highest BCUT2D eigenvalue weighted by Crippen LogP contribution is 2.07. The first-order valence-corrected chi connectivity index (χ1v) is 10.0. The lowest BCUT2D eigenvalue weighted by atomic mass is 10.1. The normalized spacial score (nSPS) is 12.9. The molecule has 2 rings (SSSR count). The van der Waals surface area contributed by atoms with Crippen molar-refractivity contribution >= 4 is 29.1 Å². The van der Waals surface area contributed by atoms with E-state index in [9.17, 15) is 4.79 Å². The van der Waals surface area contributed by atoms with E-state index in [1.54, 1.807) is 12.6 Å². The van der Waals surface area contributed by atoms with E-state index in [-0.39, 0.29) is 11.9 Å². The van der Waals surface area contributed by atoms with Crippen LogP contribution in [0.5, 0.6) is 0 Å². The molecule has 0 saturated carbocycles. The molecule has 0 aliphatic rings. The van der Waals surface area contributed by atoms with E-state index in [1.807, 2.05) is 48.1 Å². The number of rotatable bonds is 11. The minimum atomic E-state index is -0.324.